The van der Waals surface area contributed by atoms with Crippen LogP contribution in [0.2, 0.25) is 0 Å². The van der Waals surface area contributed by atoms with E-state index in [-0.39, 0.29) is 18.3 Å². The van der Waals surface area contributed by atoms with E-state index in [2.05, 4.69) is 0 Å². The summed E-state index contributed by atoms with van der Waals surface area (Å²) in [7, 11) is 0. The number of carbonyl (C=O) groups is 2. The Kier molecular flexibility index (Phi) is 7.20. The lowest BCUT2D eigenvalue weighted by atomic mass is 10.1. The Hall–Kier alpha value is -2.62. The van der Waals surface area contributed by atoms with Crippen LogP contribution in [-0.4, -0.2) is 29.9 Å². The number of carbonyl (C=O) groups excluding carboxylic acids is 2. The lowest BCUT2D eigenvalue weighted by Gasteiger charge is -2.23. The van der Waals surface area contributed by atoms with Gasteiger partial charge in [0.25, 0.3) is 0 Å². The Morgan fingerprint density at radius 2 is 1.64 bits per heavy atom. The largest absolute Gasteiger partial charge is 0.466 e. The first-order valence-electron chi connectivity index (χ1n) is 8.61. The lowest BCUT2D eigenvalue weighted by molar-refractivity contribution is -0.144. The monoisotopic (exact) mass is 339 g/mol. The van der Waals surface area contributed by atoms with Gasteiger partial charge < -0.3 is 9.64 Å². The zero-order chi connectivity index (χ0) is 18.1. The molecule has 0 spiro atoms. The SMILES string of the molecule is CCOC(=O)CCN(Cc1ccc(C)cc1)C(=O)Cc1ccccc1. The molecule has 0 saturated carbocycles. The summed E-state index contributed by atoms with van der Waals surface area (Å²) < 4.78 is 4.98. The van der Waals surface area contributed by atoms with Gasteiger partial charge in [0.2, 0.25) is 5.91 Å². The molecule has 0 unspecified atom stereocenters. The van der Waals surface area contributed by atoms with Crippen molar-refractivity contribution in [2.45, 2.75) is 33.2 Å². The molecule has 0 bridgehead atoms. The molecule has 0 N–H and O–H groups in total. The molecule has 0 saturated heterocycles. The number of hydrogen-bond donors (Lipinski definition) is 0. The van der Waals surface area contributed by atoms with Crippen LogP contribution in [0.15, 0.2) is 54.6 Å². The molecule has 4 nitrogen and oxygen atoms in total. The third-order valence-electron chi connectivity index (χ3n) is 3.94. The fourth-order valence-corrected chi connectivity index (χ4v) is 2.55. The number of benzene rings is 2. The summed E-state index contributed by atoms with van der Waals surface area (Å²) in [6.45, 7) is 5.02. The van der Waals surface area contributed by atoms with Crippen molar-refractivity contribution in [2.24, 2.45) is 0 Å². The first kappa shape index (κ1) is 18.7. The smallest absolute Gasteiger partial charge is 0.307 e. The predicted molar refractivity (Wildman–Crippen MR) is 98.0 cm³/mol. The van der Waals surface area contributed by atoms with E-state index in [0.717, 1.165) is 11.1 Å². The zero-order valence-corrected chi connectivity index (χ0v) is 14.9. The van der Waals surface area contributed by atoms with Gasteiger partial charge in [-0.15, -0.1) is 0 Å². The normalized spacial score (nSPS) is 10.3. The molecular weight excluding hydrogens is 314 g/mol. The fourth-order valence-electron chi connectivity index (χ4n) is 2.55. The van der Waals surface area contributed by atoms with Crippen LogP contribution >= 0.6 is 0 Å². The van der Waals surface area contributed by atoms with E-state index in [1.54, 1.807) is 11.8 Å². The second-order valence-electron chi connectivity index (χ2n) is 6.02. The molecule has 2 aromatic rings. The second-order valence-corrected chi connectivity index (χ2v) is 6.02. The molecule has 25 heavy (non-hydrogen) atoms. The summed E-state index contributed by atoms with van der Waals surface area (Å²) in [6.07, 6.45) is 0.537. The van der Waals surface area contributed by atoms with Gasteiger partial charge in [0.1, 0.15) is 0 Å². The second kappa shape index (κ2) is 9.62. The van der Waals surface area contributed by atoms with Gasteiger partial charge in [-0.25, -0.2) is 0 Å². The predicted octanol–water partition coefficient (Wildman–Crippen LogP) is 3.52. The van der Waals surface area contributed by atoms with Gasteiger partial charge in [-0.2, -0.15) is 0 Å². The third kappa shape index (κ3) is 6.42. The van der Waals surface area contributed by atoms with Crippen LogP contribution in [0.25, 0.3) is 0 Å². The van der Waals surface area contributed by atoms with E-state index in [1.807, 2.05) is 61.5 Å². The van der Waals surface area contributed by atoms with Crippen molar-refractivity contribution in [2.75, 3.05) is 13.2 Å². The maximum atomic E-state index is 12.7. The standard InChI is InChI=1S/C21H25NO3/c1-3-25-21(24)13-14-22(16-19-11-9-17(2)10-12-19)20(23)15-18-7-5-4-6-8-18/h4-12H,3,13-16H2,1-2H3. The van der Waals surface area contributed by atoms with Crippen molar-refractivity contribution >= 4 is 11.9 Å². The van der Waals surface area contributed by atoms with Crippen LogP contribution < -0.4 is 0 Å². The Morgan fingerprint density at radius 1 is 0.960 bits per heavy atom. The van der Waals surface area contributed by atoms with Crippen molar-refractivity contribution < 1.29 is 14.3 Å². The van der Waals surface area contributed by atoms with E-state index in [4.69, 9.17) is 4.74 Å². The lowest BCUT2D eigenvalue weighted by Crippen LogP contribution is -2.34. The van der Waals surface area contributed by atoms with Gasteiger partial charge in [0, 0.05) is 13.1 Å². The van der Waals surface area contributed by atoms with Gasteiger partial charge in [0.05, 0.1) is 19.4 Å². The Bertz CT molecular complexity index is 680. The number of aryl methyl sites for hydroxylation is 1. The number of rotatable bonds is 8. The van der Waals surface area contributed by atoms with Gasteiger partial charge in [-0.05, 0) is 25.0 Å². The van der Waals surface area contributed by atoms with E-state index in [1.165, 1.54) is 5.56 Å². The number of nitrogens with zero attached hydrogens (tertiary/aromatic N) is 1. The van der Waals surface area contributed by atoms with Crippen molar-refractivity contribution in [1.29, 1.82) is 0 Å². The van der Waals surface area contributed by atoms with Gasteiger partial charge in [0.15, 0.2) is 0 Å². The van der Waals surface area contributed by atoms with E-state index in [9.17, 15) is 9.59 Å². The first-order chi connectivity index (χ1) is 12.1. The maximum absolute atomic E-state index is 12.7. The average Bonchev–Trinajstić information content (AvgIpc) is 2.61. The quantitative estimate of drug-likeness (QED) is 0.691. The summed E-state index contributed by atoms with van der Waals surface area (Å²) >= 11 is 0. The minimum absolute atomic E-state index is 0.0103. The summed E-state index contributed by atoms with van der Waals surface area (Å²) in [5, 5.41) is 0. The molecule has 0 aliphatic rings. The van der Waals surface area contributed by atoms with Crippen LogP contribution in [0.4, 0.5) is 0 Å². The molecular formula is C21H25NO3. The summed E-state index contributed by atoms with van der Waals surface area (Å²) in [4.78, 5) is 26.1. The molecule has 132 valence electrons. The molecule has 0 radical (unpaired) electrons. The molecule has 0 heterocycles. The van der Waals surface area contributed by atoms with Crippen molar-refractivity contribution in [1.82, 2.24) is 4.90 Å². The van der Waals surface area contributed by atoms with Gasteiger partial charge >= 0.3 is 5.97 Å². The molecule has 1 amide bonds. The maximum Gasteiger partial charge on any atom is 0.307 e. The fraction of sp³-hybridized carbons (Fsp3) is 0.333. The van der Waals surface area contributed by atoms with Crippen LogP contribution in [0.3, 0.4) is 0 Å². The molecule has 0 aliphatic heterocycles. The summed E-state index contributed by atoms with van der Waals surface area (Å²) in [5.74, 6) is -0.264. The highest BCUT2D eigenvalue weighted by atomic mass is 16.5. The van der Waals surface area contributed by atoms with Crippen LogP contribution in [0.5, 0.6) is 0 Å². The molecule has 0 fully saturated rings. The average molecular weight is 339 g/mol. The molecule has 0 aromatic heterocycles. The highest BCUT2D eigenvalue weighted by molar-refractivity contribution is 5.79. The Balaban J connectivity index is 2.05. The van der Waals surface area contributed by atoms with Crippen LogP contribution in [0.1, 0.15) is 30.0 Å². The highest BCUT2D eigenvalue weighted by Crippen LogP contribution is 2.11. The van der Waals surface area contributed by atoms with E-state index in [0.29, 0.717) is 26.1 Å². The van der Waals surface area contributed by atoms with Crippen molar-refractivity contribution in [3.05, 3.63) is 71.3 Å². The number of ether oxygens (including phenoxy) is 1. The molecule has 2 rings (SSSR count). The minimum Gasteiger partial charge on any atom is -0.466 e. The van der Waals surface area contributed by atoms with Crippen LogP contribution in [0, 0.1) is 6.92 Å². The van der Waals surface area contributed by atoms with Crippen molar-refractivity contribution in [3.63, 3.8) is 0 Å². The molecule has 0 atom stereocenters. The molecule has 2 aromatic carbocycles. The number of hydrogen-bond acceptors (Lipinski definition) is 3. The minimum atomic E-state index is -0.274. The third-order valence-corrected chi connectivity index (χ3v) is 3.94. The van der Waals surface area contributed by atoms with Gasteiger partial charge in [-0.3, -0.25) is 9.59 Å². The topological polar surface area (TPSA) is 46.6 Å². The highest BCUT2D eigenvalue weighted by Gasteiger charge is 2.16. The number of esters is 1. The first-order valence-corrected chi connectivity index (χ1v) is 8.61. The van der Waals surface area contributed by atoms with E-state index >= 15 is 0 Å². The van der Waals surface area contributed by atoms with Crippen molar-refractivity contribution in [3.8, 4) is 0 Å². The summed E-state index contributed by atoms with van der Waals surface area (Å²) in [6, 6.07) is 17.7. The number of amides is 1. The molecule has 4 heteroatoms. The van der Waals surface area contributed by atoms with E-state index < -0.39 is 0 Å². The molecule has 0 aliphatic carbocycles. The Morgan fingerprint density at radius 3 is 2.28 bits per heavy atom. The Labute approximate surface area is 149 Å². The zero-order valence-electron chi connectivity index (χ0n) is 14.9. The van der Waals surface area contributed by atoms with Crippen LogP contribution in [-0.2, 0) is 27.3 Å². The summed E-state index contributed by atoms with van der Waals surface area (Å²) in [5.41, 5.74) is 3.20. The van der Waals surface area contributed by atoms with Gasteiger partial charge in [-0.1, -0.05) is 60.2 Å².